The van der Waals surface area contributed by atoms with Crippen molar-refractivity contribution in [3.63, 3.8) is 0 Å². The predicted octanol–water partition coefficient (Wildman–Crippen LogP) is 3.71. The van der Waals surface area contributed by atoms with Crippen LogP contribution >= 0.6 is 11.6 Å². The van der Waals surface area contributed by atoms with E-state index >= 15 is 0 Å². The van der Waals surface area contributed by atoms with Gasteiger partial charge < -0.3 is 5.73 Å². The first-order valence-electron chi connectivity index (χ1n) is 6.59. The van der Waals surface area contributed by atoms with E-state index in [1.54, 1.807) is 0 Å². The molecule has 3 heteroatoms. The Bertz CT molecular complexity index is 359. The van der Waals surface area contributed by atoms with E-state index in [4.69, 9.17) is 17.3 Å². The second-order valence-corrected chi connectivity index (χ2v) is 6.10. The Kier molecular flexibility index (Phi) is 5.64. The fraction of sp³-hybridized carbons (Fsp3) is 0.600. The summed E-state index contributed by atoms with van der Waals surface area (Å²) in [6.45, 7) is 11.6. The fourth-order valence-corrected chi connectivity index (χ4v) is 2.22. The number of rotatable bonds is 6. The quantitative estimate of drug-likeness (QED) is 0.852. The largest absolute Gasteiger partial charge is 0.330 e. The molecule has 0 radical (unpaired) electrons. The van der Waals surface area contributed by atoms with E-state index in [1.807, 2.05) is 12.1 Å². The summed E-state index contributed by atoms with van der Waals surface area (Å²) in [7, 11) is 0. The molecule has 1 atom stereocenters. The van der Waals surface area contributed by atoms with Crippen molar-refractivity contribution in [3.05, 3.63) is 34.9 Å². The molecule has 0 aromatic heterocycles. The lowest BCUT2D eigenvalue weighted by Gasteiger charge is -2.35. The van der Waals surface area contributed by atoms with E-state index in [9.17, 15) is 0 Å². The van der Waals surface area contributed by atoms with Crippen LogP contribution in [-0.2, 0) is 0 Å². The third kappa shape index (κ3) is 4.27. The minimum Gasteiger partial charge on any atom is -0.330 e. The normalized spacial score (nSPS) is 13.9. The lowest BCUT2D eigenvalue weighted by Crippen LogP contribution is -2.39. The van der Waals surface area contributed by atoms with Gasteiger partial charge in [-0.2, -0.15) is 0 Å². The standard InChI is InChI=1S/C15H25ClN2/c1-5-18(11-15(3,4)10-17)12(2)13-6-8-14(16)9-7-13/h6-9,12H,5,10-11,17H2,1-4H3. The predicted molar refractivity (Wildman–Crippen MR) is 79.9 cm³/mol. The molecule has 0 aliphatic rings. The van der Waals surface area contributed by atoms with Gasteiger partial charge in [-0.15, -0.1) is 0 Å². The van der Waals surface area contributed by atoms with Gasteiger partial charge in [-0.1, -0.05) is 44.5 Å². The van der Waals surface area contributed by atoms with E-state index in [1.165, 1.54) is 5.56 Å². The van der Waals surface area contributed by atoms with Gasteiger partial charge in [0.25, 0.3) is 0 Å². The summed E-state index contributed by atoms with van der Waals surface area (Å²) in [5.74, 6) is 0. The van der Waals surface area contributed by atoms with Gasteiger partial charge >= 0.3 is 0 Å². The van der Waals surface area contributed by atoms with Crippen LogP contribution in [0, 0.1) is 5.41 Å². The molecule has 1 rings (SSSR count). The van der Waals surface area contributed by atoms with Gasteiger partial charge in [0.15, 0.2) is 0 Å². The highest BCUT2D eigenvalue weighted by molar-refractivity contribution is 6.30. The van der Waals surface area contributed by atoms with E-state index in [0.29, 0.717) is 12.6 Å². The summed E-state index contributed by atoms with van der Waals surface area (Å²) < 4.78 is 0. The maximum absolute atomic E-state index is 5.93. The lowest BCUT2D eigenvalue weighted by molar-refractivity contribution is 0.148. The maximum Gasteiger partial charge on any atom is 0.0406 e. The Labute approximate surface area is 116 Å². The summed E-state index contributed by atoms with van der Waals surface area (Å²) in [5, 5.41) is 0.788. The van der Waals surface area contributed by atoms with Crippen LogP contribution in [0.25, 0.3) is 0 Å². The first-order valence-corrected chi connectivity index (χ1v) is 6.97. The SMILES string of the molecule is CCN(CC(C)(C)CN)C(C)c1ccc(Cl)cc1. The fourth-order valence-electron chi connectivity index (χ4n) is 2.09. The van der Waals surface area contributed by atoms with Crippen molar-refractivity contribution < 1.29 is 0 Å². The van der Waals surface area contributed by atoms with Gasteiger partial charge in [0.2, 0.25) is 0 Å². The zero-order valence-corrected chi connectivity index (χ0v) is 12.7. The van der Waals surface area contributed by atoms with Gasteiger partial charge in [-0.05, 0) is 43.1 Å². The molecule has 2 nitrogen and oxygen atoms in total. The van der Waals surface area contributed by atoms with Gasteiger partial charge in [-0.3, -0.25) is 4.90 Å². The molecule has 0 saturated heterocycles. The Morgan fingerprint density at radius 1 is 1.28 bits per heavy atom. The zero-order chi connectivity index (χ0) is 13.8. The topological polar surface area (TPSA) is 29.3 Å². The van der Waals surface area contributed by atoms with Gasteiger partial charge in [0.1, 0.15) is 0 Å². The van der Waals surface area contributed by atoms with Crippen molar-refractivity contribution in [3.8, 4) is 0 Å². The van der Waals surface area contributed by atoms with Crippen LogP contribution < -0.4 is 5.73 Å². The zero-order valence-electron chi connectivity index (χ0n) is 11.9. The van der Waals surface area contributed by atoms with Gasteiger partial charge in [-0.25, -0.2) is 0 Å². The molecule has 102 valence electrons. The monoisotopic (exact) mass is 268 g/mol. The average Bonchev–Trinajstić information content (AvgIpc) is 2.36. The van der Waals surface area contributed by atoms with Crippen LogP contribution in [0.1, 0.15) is 39.3 Å². The smallest absolute Gasteiger partial charge is 0.0406 e. The first-order chi connectivity index (χ1) is 8.39. The average molecular weight is 269 g/mol. The second-order valence-electron chi connectivity index (χ2n) is 5.66. The molecule has 0 aliphatic heterocycles. The summed E-state index contributed by atoms with van der Waals surface area (Å²) in [5.41, 5.74) is 7.27. The molecule has 0 bridgehead atoms. The van der Waals surface area contributed by atoms with E-state index < -0.39 is 0 Å². The molecule has 1 aromatic carbocycles. The molecule has 18 heavy (non-hydrogen) atoms. The van der Waals surface area contributed by atoms with Crippen LogP contribution in [0.15, 0.2) is 24.3 Å². The van der Waals surface area contributed by atoms with Crippen LogP contribution in [0.5, 0.6) is 0 Å². The Morgan fingerprint density at radius 2 is 1.83 bits per heavy atom. The van der Waals surface area contributed by atoms with E-state index in [2.05, 4.69) is 44.7 Å². The van der Waals surface area contributed by atoms with Crippen LogP contribution in [0.2, 0.25) is 5.02 Å². The lowest BCUT2D eigenvalue weighted by atomic mass is 9.92. The van der Waals surface area contributed by atoms with Crippen molar-refractivity contribution >= 4 is 11.6 Å². The minimum absolute atomic E-state index is 0.149. The third-order valence-electron chi connectivity index (χ3n) is 3.49. The van der Waals surface area contributed by atoms with Crippen molar-refractivity contribution in [2.45, 2.75) is 33.7 Å². The van der Waals surface area contributed by atoms with E-state index in [0.717, 1.165) is 18.1 Å². The number of benzene rings is 1. The molecular weight excluding hydrogens is 244 g/mol. The molecule has 0 fully saturated rings. The van der Waals surface area contributed by atoms with Crippen LogP contribution in [0.3, 0.4) is 0 Å². The Hall–Kier alpha value is -0.570. The molecule has 0 aliphatic carbocycles. The minimum atomic E-state index is 0.149. The Balaban J connectivity index is 2.79. The van der Waals surface area contributed by atoms with Crippen molar-refractivity contribution in [1.82, 2.24) is 4.90 Å². The summed E-state index contributed by atoms with van der Waals surface area (Å²) in [4.78, 5) is 2.45. The highest BCUT2D eigenvalue weighted by Crippen LogP contribution is 2.25. The van der Waals surface area contributed by atoms with Crippen molar-refractivity contribution in [2.75, 3.05) is 19.6 Å². The van der Waals surface area contributed by atoms with Gasteiger partial charge in [0.05, 0.1) is 0 Å². The molecular formula is C15H25ClN2. The number of nitrogens with two attached hydrogens (primary N) is 1. The summed E-state index contributed by atoms with van der Waals surface area (Å²) in [6, 6.07) is 8.50. The molecule has 0 heterocycles. The molecule has 0 saturated carbocycles. The molecule has 1 aromatic rings. The highest BCUT2D eigenvalue weighted by Gasteiger charge is 2.23. The number of hydrogen-bond donors (Lipinski definition) is 1. The molecule has 1 unspecified atom stereocenters. The first kappa shape index (κ1) is 15.5. The number of hydrogen-bond acceptors (Lipinski definition) is 2. The van der Waals surface area contributed by atoms with Crippen LogP contribution in [0.4, 0.5) is 0 Å². The van der Waals surface area contributed by atoms with Crippen molar-refractivity contribution in [1.29, 1.82) is 0 Å². The number of nitrogens with zero attached hydrogens (tertiary/aromatic N) is 1. The van der Waals surface area contributed by atoms with E-state index in [-0.39, 0.29) is 5.41 Å². The summed E-state index contributed by atoms with van der Waals surface area (Å²) in [6.07, 6.45) is 0. The maximum atomic E-state index is 5.93. The third-order valence-corrected chi connectivity index (χ3v) is 3.74. The highest BCUT2D eigenvalue weighted by atomic mass is 35.5. The van der Waals surface area contributed by atoms with Gasteiger partial charge in [0, 0.05) is 17.6 Å². The second kappa shape index (κ2) is 6.55. The summed E-state index contributed by atoms with van der Waals surface area (Å²) >= 11 is 5.93. The van der Waals surface area contributed by atoms with Crippen LogP contribution in [-0.4, -0.2) is 24.5 Å². The Morgan fingerprint density at radius 3 is 2.28 bits per heavy atom. The molecule has 2 N–H and O–H groups in total. The molecule has 0 amide bonds. The van der Waals surface area contributed by atoms with Crippen molar-refractivity contribution in [2.24, 2.45) is 11.1 Å². The molecule has 0 spiro atoms. The number of halogens is 1.